The normalized spacial score (nSPS) is 31.7. The van der Waals surface area contributed by atoms with E-state index >= 15 is 0 Å². The number of esters is 1. The van der Waals surface area contributed by atoms with Gasteiger partial charge in [-0.3, -0.25) is 4.79 Å². The Balaban J connectivity index is 2.28. The van der Waals surface area contributed by atoms with E-state index in [-0.39, 0.29) is 5.97 Å². The van der Waals surface area contributed by atoms with Crippen molar-refractivity contribution in [1.29, 1.82) is 0 Å². The van der Waals surface area contributed by atoms with Gasteiger partial charge in [0.05, 0.1) is 13.2 Å². The molecule has 2 N–H and O–H groups in total. The minimum absolute atomic E-state index is 0.324. The van der Waals surface area contributed by atoms with E-state index in [0.29, 0.717) is 25.0 Å². The van der Waals surface area contributed by atoms with Gasteiger partial charge in [0.2, 0.25) is 0 Å². The van der Waals surface area contributed by atoms with E-state index in [2.05, 4.69) is 18.6 Å². The maximum Gasteiger partial charge on any atom is 0.325 e. The lowest BCUT2D eigenvalue weighted by atomic mass is 9.80. The molecule has 0 radical (unpaired) electrons. The maximum atomic E-state index is 11.4. The van der Waals surface area contributed by atoms with Crippen molar-refractivity contribution in [3.05, 3.63) is 0 Å². The van der Waals surface area contributed by atoms with E-state index in [4.69, 9.17) is 10.5 Å². The fourth-order valence-electron chi connectivity index (χ4n) is 2.42. The molecule has 1 saturated carbocycles. The third kappa shape index (κ3) is 4.25. The monoisotopic (exact) mass is 257 g/mol. The lowest BCUT2D eigenvalue weighted by Gasteiger charge is -2.32. The molecule has 106 valence electrons. The van der Waals surface area contributed by atoms with Gasteiger partial charge in [-0.1, -0.05) is 13.8 Å². The molecule has 1 fully saturated rings. The van der Waals surface area contributed by atoms with Gasteiger partial charge in [0, 0.05) is 6.61 Å². The Bertz CT molecular complexity index is 278. The summed E-state index contributed by atoms with van der Waals surface area (Å²) in [6, 6.07) is 0. The molecule has 4 unspecified atom stereocenters. The van der Waals surface area contributed by atoms with Crippen LogP contribution in [0.1, 0.15) is 46.5 Å². The first-order valence-electron chi connectivity index (χ1n) is 6.85. The van der Waals surface area contributed by atoms with Crippen molar-refractivity contribution in [1.82, 2.24) is 0 Å². The van der Waals surface area contributed by atoms with Crippen molar-refractivity contribution in [2.45, 2.75) is 58.1 Å². The second kappa shape index (κ2) is 6.53. The van der Waals surface area contributed by atoms with Gasteiger partial charge >= 0.3 is 5.97 Å². The van der Waals surface area contributed by atoms with Crippen molar-refractivity contribution in [2.24, 2.45) is 17.6 Å². The molecule has 0 spiro atoms. The van der Waals surface area contributed by atoms with Gasteiger partial charge in [0.15, 0.2) is 0 Å². The first kappa shape index (κ1) is 15.4. The number of hydrogen-bond acceptors (Lipinski definition) is 4. The minimum Gasteiger partial charge on any atom is -0.468 e. The summed E-state index contributed by atoms with van der Waals surface area (Å²) >= 11 is 0. The average molecular weight is 257 g/mol. The smallest absolute Gasteiger partial charge is 0.325 e. The predicted octanol–water partition coefficient (Wildman–Crippen LogP) is 2.11. The molecule has 4 atom stereocenters. The second-order valence-corrected chi connectivity index (χ2v) is 5.92. The van der Waals surface area contributed by atoms with Crippen LogP contribution >= 0.6 is 0 Å². The highest BCUT2D eigenvalue weighted by molar-refractivity contribution is 5.79. The minimum atomic E-state index is -0.942. The third-order valence-corrected chi connectivity index (χ3v) is 4.18. The molecule has 0 aromatic carbocycles. The molecule has 0 aliphatic heterocycles. The lowest BCUT2D eigenvalue weighted by Crippen LogP contribution is -2.46. The van der Waals surface area contributed by atoms with Crippen LogP contribution in [0.2, 0.25) is 0 Å². The first-order valence-corrected chi connectivity index (χ1v) is 6.85. The summed E-state index contributed by atoms with van der Waals surface area (Å²) in [5.74, 6) is 1.13. The third-order valence-electron chi connectivity index (χ3n) is 4.18. The molecule has 1 rings (SSSR count). The summed E-state index contributed by atoms with van der Waals surface area (Å²) in [5.41, 5.74) is 4.94. The number of nitrogens with two attached hydrogens (primary N) is 1. The highest BCUT2D eigenvalue weighted by Crippen LogP contribution is 2.31. The van der Waals surface area contributed by atoms with E-state index in [9.17, 15) is 4.79 Å². The molecule has 0 saturated heterocycles. The Labute approximate surface area is 110 Å². The summed E-state index contributed by atoms with van der Waals surface area (Å²) in [4.78, 5) is 11.4. The van der Waals surface area contributed by atoms with Crippen LogP contribution in [0.15, 0.2) is 0 Å². The van der Waals surface area contributed by atoms with Crippen LogP contribution in [-0.4, -0.2) is 31.3 Å². The highest BCUT2D eigenvalue weighted by atomic mass is 16.5. The topological polar surface area (TPSA) is 61.5 Å². The van der Waals surface area contributed by atoms with Crippen molar-refractivity contribution in [3.63, 3.8) is 0 Å². The molecule has 0 amide bonds. The van der Waals surface area contributed by atoms with Crippen LogP contribution in [0.3, 0.4) is 0 Å². The van der Waals surface area contributed by atoms with Crippen molar-refractivity contribution >= 4 is 5.97 Å². The molecule has 4 nitrogen and oxygen atoms in total. The molecule has 18 heavy (non-hydrogen) atoms. The molecule has 0 aromatic heterocycles. The van der Waals surface area contributed by atoms with Crippen molar-refractivity contribution in [2.75, 3.05) is 13.7 Å². The van der Waals surface area contributed by atoms with Crippen LogP contribution in [0.25, 0.3) is 0 Å². The molecule has 0 heterocycles. The van der Waals surface area contributed by atoms with E-state index < -0.39 is 5.54 Å². The molecule has 1 aliphatic rings. The number of methoxy groups -OCH3 is 1. The fraction of sp³-hybridized carbons (Fsp3) is 0.929. The standard InChI is InChI=1S/C14H27NO3/c1-10-5-6-12(9-11(10)2)18-8-7-14(3,15)13(16)17-4/h10-12H,5-9,15H2,1-4H3. The average Bonchev–Trinajstić information content (AvgIpc) is 2.32. The number of rotatable bonds is 5. The Morgan fingerprint density at radius 1 is 1.33 bits per heavy atom. The molecule has 0 aromatic rings. The first-order chi connectivity index (χ1) is 8.36. The van der Waals surface area contributed by atoms with Gasteiger partial charge in [-0.05, 0) is 44.4 Å². The van der Waals surface area contributed by atoms with Gasteiger partial charge in [-0.2, -0.15) is 0 Å². The van der Waals surface area contributed by atoms with E-state index in [1.165, 1.54) is 13.5 Å². The van der Waals surface area contributed by atoms with Gasteiger partial charge in [0.25, 0.3) is 0 Å². The number of ether oxygens (including phenoxy) is 2. The van der Waals surface area contributed by atoms with Gasteiger partial charge in [0.1, 0.15) is 5.54 Å². The summed E-state index contributed by atoms with van der Waals surface area (Å²) in [5, 5.41) is 0. The number of carbonyl (C=O) groups is 1. The van der Waals surface area contributed by atoms with Crippen molar-refractivity contribution < 1.29 is 14.3 Å². The predicted molar refractivity (Wildman–Crippen MR) is 71.1 cm³/mol. The quantitative estimate of drug-likeness (QED) is 0.766. The molecule has 0 bridgehead atoms. The van der Waals surface area contributed by atoms with Crippen LogP contribution in [0.4, 0.5) is 0 Å². The van der Waals surface area contributed by atoms with E-state index in [1.54, 1.807) is 6.92 Å². The Hall–Kier alpha value is -0.610. The zero-order valence-electron chi connectivity index (χ0n) is 12.1. The Morgan fingerprint density at radius 3 is 2.56 bits per heavy atom. The van der Waals surface area contributed by atoms with E-state index in [0.717, 1.165) is 18.8 Å². The fourth-order valence-corrected chi connectivity index (χ4v) is 2.42. The molecular formula is C14H27NO3. The van der Waals surface area contributed by atoms with Gasteiger partial charge < -0.3 is 15.2 Å². The highest BCUT2D eigenvalue weighted by Gasteiger charge is 2.30. The van der Waals surface area contributed by atoms with Gasteiger partial charge in [-0.25, -0.2) is 0 Å². The second-order valence-electron chi connectivity index (χ2n) is 5.92. The summed E-state index contributed by atoms with van der Waals surface area (Å²) in [6.07, 6.45) is 4.28. The van der Waals surface area contributed by atoms with Crippen LogP contribution in [0, 0.1) is 11.8 Å². The largest absolute Gasteiger partial charge is 0.468 e. The lowest BCUT2D eigenvalue weighted by molar-refractivity contribution is -0.147. The van der Waals surface area contributed by atoms with Crippen LogP contribution in [-0.2, 0) is 14.3 Å². The van der Waals surface area contributed by atoms with Gasteiger partial charge in [-0.15, -0.1) is 0 Å². The zero-order valence-corrected chi connectivity index (χ0v) is 12.1. The zero-order chi connectivity index (χ0) is 13.8. The molecular weight excluding hydrogens is 230 g/mol. The molecule has 1 aliphatic carbocycles. The van der Waals surface area contributed by atoms with Crippen molar-refractivity contribution in [3.8, 4) is 0 Å². The maximum absolute atomic E-state index is 11.4. The summed E-state index contributed by atoms with van der Waals surface area (Å²) < 4.78 is 10.5. The molecule has 4 heteroatoms. The van der Waals surface area contributed by atoms with Crippen LogP contribution in [0.5, 0.6) is 0 Å². The Morgan fingerprint density at radius 2 is 2.00 bits per heavy atom. The summed E-state index contributed by atoms with van der Waals surface area (Å²) in [6.45, 7) is 6.79. The number of hydrogen-bond donors (Lipinski definition) is 1. The van der Waals surface area contributed by atoms with E-state index in [1.807, 2.05) is 0 Å². The summed E-state index contributed by atoms with van der Waals surface area (Å²) in [7, 11) is 1.36. The van der Waals surface area contributed by atoms with Crippen LogP contribution < -0.4 is 5.73 Å². The SMILES string of the molecule is COC(=O)C(C)(N)CCOC1CCC(C)C(C)C1. The Kier molecular flexibility index (Phi) is 5.60. The number of carbonyl (C=O) groups excluding carboxylic acids is 1.